The van der Waals surface area contributed by atoms with Gasteiger partial charge in [-0.25, -0.2) is 4.98 Å². The Labute approximate surface area is 181 Å². The van der Waals surface area contributed by atoms with E-state index in [2.05, 4.69) is 51.5 Å². The second-order valence-corrected chi connectivity index (χ2v) is 8.19. The summed E-state index contributed by atoms with van der Waals surface area (Å²) in [6.07, 6.45) is 7.57. The number of hydrogen-bond donors (Lipinski definition) is 2. The van der Waals surface area contributed by atoms with Crippen molar-refractivity contribution in [1.82, 2.24) is 19.9 Å². The van der Waals surface area contributed by atoms with Crippen LogP contribution in [-0.4, -0.2) is 40.0 Å². The summed E-state index contributed by atoms with van der Waals surface area (Å²) in [5, 5.41) is 4.76. The molecule has 0 spiro atoms. The maximum atomic E-state index is 12.6. The molecule has 6 heteroatoms. The fourth-order valence-corrected chi connectivity index (χ4v) is 4.28. The number of nitrogens with zero attached hydrogens (tertiary/aromatic N) is 3. The van der Waals surface area contributed by atoms with Gasteiger partial charge in [-0.1, -0.05) is 12.1 Å². The van der Waals surface area contributed by atoms with E-state index in [0.29, 0.717) is 17.1 Å². The predicted octanol–water partition coefficient (Wildman–Crippen LogP) is 4.54. The van der Waals surface area contributed by atoms with Crippen molar-refractivity contribution in [2.24, 2.45) is 0 Å². The van der Waals surface area contributed by atoms with Gasteiger partial charge in [0.2, 0.25) is 0 Å². The molecule has 0 amide bonds. The summed E-state index contributed by atoms with van der Waals surface area (Å²) < 4.78 is 0. The minimum absolute atomic E-state index is 0.159. The predicted molar refractivity (Wildman–Crippen MR) is 125 cm³/mol. The van der Waals surface area contributed by atoms with Crippen LogP contribution in [0.5, 0.6) is 0 Å². The summed E-state index contributed by atoms with van der Waals surface area (Å²) in [4.78, 5) is 26.7. The van der Waals surface area contributed by atoms with Crippen molar-refractivity contribution in [3.63, 3.8) is 0 Å². The molecule has 2 N–H and O–H groups in total. The molecule has 0 radical (unpaired) electrons. The number of pyridine rings is 3. The molecule has 0 saturated carbocycles. The van der Waals surface area contributed by atoms with Crippen LogP contribution >= 0.6 is 0 Å². The molecule has 0 atom stereocenters. The van der Waals surface area contributed by atoms with Crippen LogP contribution in [0.15, 0.2) is 71.9 Å². The quantitative estimate of drug-likeness (QED) is 0.516. The van der Waals surface area contributed by atoms with Crippen molar-refractivity contribution in [3.8, 4) is 11.3 Å². The zero-order valence-corrected chi connectivity index (χ0v) is 17.5. The number of aromatic nitrogens is 3. The second kappa shape index (κ2) is 8.32. The molecule has 1 aliphatic rings. The first-order valence-corrected chi connectivity index (χ1v) is 10.7. The van der Waals surface area contributed by atoms with Crippen LogP contribution in [0.4, 0.5) is 11.5 Å². The number of fused-ring (bicyclic) bond motifs is 1. The minimum Gasteiger partial charge on any atom is -0.340 e. The number of likely N-dealkylation sites (tertiary alicyclic amines) is 1. The molecule has 0 unspecified atom stereocenters. The van der Waals surface area contributed by atoms with Gasteiger partial charge >= 0.3 is 0 Å². The highest BCUT2D eigenvalue weighted by molar-refractivity contribution is 5.95. The van der Waals surface area contributed by atoms with E-state index >= 15 is 0 Å². The van der Waals surface area contributed by atoms with Crippen molar-refractivity contribution in [2.45, 2.75) is 18.8 Å². The summed E-state index contributed by atoms with van der Waals surface area (Å²) in [5.41, 5.74) is 3.81. The lowest BCUT2D eigenvalue weighted by Crippen LogP contribution is -2.29. The number of nitrogens with one attached hydrogen (secondary N) is 2. The number of piperidine rings is 1. The van der Waals surface area contributed by atoms with Gasteiger partial charge in [0.05, 0.1) is 11.1 Å². The lowest BCUT2D eigenvalue weighted by molar-refractivity contribution is 0.255. The number of anilines is 2. The van der Waals surface area contributed by atoms with Crippen molar-refractivity contribution in [1.29, 1.82) is 0 Å². The van der Waals surface area contributed by atoms with Gasteiger partial charge in [0.25, 0.3) is 5.56 Å². The van der Waals surface area contributed by atoms with E-state index in [0.717, 1.165) is 35.4 Å². The molecule has 6 nitrogen and oxygen atoms in total. The van der Waals surface area contributed by atoms with Gasteiger partial charge in [-0.2, -0.15) is 0 Å². The number of rotatable bonds is 4. The van der Waals surface area contributed by atoms with Gasteiger partial charge in [-0.05, 0) is 86.2 Å². The fourth-order valence-electron chi connectivity index (χ4n) is 4.28. The molecule has 3 aromatic heterocycles. The molecule has 156 valence electrons. The smallest absolute Gasteiger partial charge is 0.259 e. The van der Waals surface area contributed by atoms with Crippen LogP contribution in [0.1, 0.15) is 24.3 Å². The zero-order chi connectivity index (χ0) is 21.2. The van der Waals surface area contributed by atoms with Gasteiger partial charge < -0.3 is 15.2 Å². The number of hydrogen-bond acceptors (Lipinski definition) is 5. The van der Waals surface area contributed by atoms with E-state index in [1.807, 2.05) is 24.3 Å². The van der Waals surface area contributed by atoms with Crippen LogP contribution in [0.25, 0.3) is 22.0 Å². The molecule has 31 heavy (non-hydrogen) atoms. The Morgan fingerprint density at radius 2 is 1.90 bits per heavy atom. The maximum absolute atomic E-state index is 12.6. The van der Waals surface area contributed by atoms with Crippen molar-refractivity contribution in [2.75, 3.05) is 25.5 Å². The summed E-state index contributed by atoms with van der Waals surface area (Å²) in [5.74, 6) is 1.16. The van der Waals surface area contributed by atoms with Crippen molar-refractivity contribution in [3.05, 3.63) is 83.0 Å². The highest BCUT2D eigenvalue weighted by atomic mass is 16.1. The topological polar surface area (TPSA) is 73.9 Å². The number of benzene rings is 1. The molecular formula is C25H25N5O. The first kappa shape index (κ1) is 19.5. The van der Waals surface area contributed by atoms with Gasteiger partial charge in [0.1, 0.15) is 5.82 Å². The molecule has 0 aliphatic carbocycles. The summed E-state index contributed by atoms with van der Waals surface area (Å²) >= 11 is 0. The highest BCUT2D eigenvalue weighted by Crippen LogP contribution is 2.30. The highest BCUT2D eigenvalue weighted by Gasteiger charge is 2.18. The molecule has 1 aromatic carbocycles. The van der Waals surface area contributed by atoms with Gasteiger partial charge in [0, 0.05) is 29.8 Å². The first-order chi connectivity index (χ1) is 15.2. The molecule has 1 aliphatic heterocycles. The van der Waals surface area contributed by atoms with Gasteiger partial charge in [0.15, 0.2) is 0 Å². The second-order valence-electron chi connectivity index (χ2n) is 8.19. The first-order valence-electron chi connectivity index (χ1n) is 10.7. The Hall–Kier alpha value is -3.51. The van der Waals surface area contributed by atoms with E-state index in [1.54, 1.807) is 18.6 Å². The SMILES string of the molecule is CN1CCC(c2ccc(Nc3nc(-c4cccnc4)cc4cc[nH]c(=O)c34)cc2)CC1. The van der Waals surface area contributed by atoms with E-state index in [4.69, 9.17) is 4.98 Å². The summed E-state index contributed by atoms with van der Waals surface area (Å²) in [6.45, 7) is 2.29. The van der Waals surface area contributed by atoms with E-state index in [9.17, 15) is 4.79 Å². The Balaban J connectivity index is 1.49. The summed E-state index contributed by atoms with van der Waals surface area (Å²) in [6, 6.07) is 16.2. The molecular weight excluding hydrogens is 386 g/mol. The van der Waals surface area contributed by atoms with E-state index < -0.39 is 0 Å². The number of H-pyrrole nitrogens is 1. The average molecular weight is 412 g/mol. The largest absolute Gasteiger partial charge is 0.340 e. The monoisotopic (exact) mass is 411 g/mol. The molecule has 1 fully saturated rings. The Morgan fingerprint density at radius 1 is 1.10 bits per heavy atom. The van der Waals surface area contributed by atoms with Crippen LogP contribution < -0.4 is 10.9 Å². The van der Waals surface area contributed by atoms with Crippen LogP contribution in [0, 0.1) is 0 Å². The standard InChI is InChI=1S/C25H25N5O/c1-30-13-9-18(10-14-30)17-4-6-21(7-5-17)28-24-23-19(8-12-27-25(23)31)15-22(29-24)20-3-2-11-26-16-20/h2-8,11-12,15-16,18H,9-10,13-14H2,1H3,(H,27,31)(H,28,29). The summed E-state index contributed by atoms with van der Waals surface area (Å²) in [7, 11) is 2.18. The normalized spacial score (nSPS) is 15.3. The minimum atomic E-state index is -0.159. The van der Waals surface area contributed by atoms with Gasteiger partial charge in [-0.15, -0.1) is 0 Å². The van der Waals surface area contributed by atoms with Crippen molar-refractivity contribution >= 4 is 22.3 Å². The van der Waals surface area contributed by atoms with Crippen LogP contribution in [0.3, 0.4) is 0 Å². The molecule has 4 heterocycles. The third-order valence-electron chi connectivity index (χ3n) is 6.08. The third-order valence-corrected chi connectivity index (χ3v) is 6.08. The lowest BCUT2D eigenvalue weighted by atomic mass is 9.89. The van der Waals surface area contributed by atoms with E-state index in [-0.39, 0.29) is 5.56 Å². The Morgan fingerprint density at radius 3 is 2.65 bits per heavy atom. The third kappa shape index (κ3) is 4.07. The average Bonchev–Trinajstić information content (AvgIpc) is 2.81. The van der Waals surface area contributed by atoms with Crippen LogP contribution in [0.2, 0.25) is 0 Å². The molecule has 4 aromatic rings. The van der Waals surface area contributed by atoms with Crippen molar-refractivity contribution < 1.29 is 0 Å². The number of aromatic amines is 1. The Kier molecular flexibility index (Phi) is 5.22. The molecule has 1 saturated heterocycles. The molecule has 5 rings (SSSR count). The van der Waals surface area contributed by atoms with E-state index in [1.165, 1.54) is 18.4 Å². The fraction of sp³-hybridized carbons (Fsp3) is 0.240. The lowest BCUT2D eigenvalue weighted by Gasteiger charge is -2.29. The molecule has 0 bridgehead atoms. The maximum Gasteiger partial charge on any atom is 0.259 e. The van der Waals surface area contributed by atoms with Gasteiger partial charge in [-0.3, -0.25) is 9.78 Å². The Bertz CT molecular complexity index is 1240. The zero-order valence-electron chi connectivity index (χ0n) is 17.5. The van der Waals surface area contributed by atoms with Crippen LogP contribution in [-0.2, 0) is 0 Å².